The van der Waals surface area contributed by atoms with E-state index < -0.39 is 6.10 Å². The first-order valence-electron chi connectivity index (χ1n) is 9.23. The summed E-state index contributed by atoms with van der Waals surface area (Å²) in [5.41, 5.74) is 1.50. The van der Waals surface area contributed by atoms with Crippen LogP contribution in [-0.4, -0.2) is 29.9 Å². The minimum absolute atomic E-state index is 0.319. The number of β-amino-alcohol motifs (C(OH)–C–C–N with tert-alkyl or cyclic N) is 1. The standard InChI is InChI=1S/C20H29NO2/c1-14-3-2-4-19(5-14)23-13-18(22)12-21-20-9-15-6-16(10-20)8-17(7-15)11-20/h2-5,15-18,21-22H,6-13H2,1H3/t15?,16?,17?,18-,20?/m1/s1. The smallest absolute Gasteiger partial charge is 0.119 e. The maximum atomic E-state index is 10.3. The highest BCUT2D eigenvalue weighted by Crippen LogP contribution is 2.55. The maximum Gasteiger partial charge on any atom is 0.119 e. The van der Waals surface area contributed by atoms with Crippen LogP contribution in [0.1, 0.15) is 44.1 Å². The first-order valence-corrected chi connectivity index (χ1v) is 9.23. The summed E-state index contributed by atoms with van der Waals surface area (Å²) in [5.74, 6) is 3.66. The van der Waals surface area contributed by atoms with Crippen LogP contribution in [0, 0.1) is 24.7 Å². The van der Waals surface area contributed by atoms with E-state index in [1.165, 1.54) is 44.1 Å². The van der Waals surface area contributed by atoms with Crippen LogP contribution in [0.5, 0.6) is 5.75 Å². The summed E-state index contributed by atoms with van der Waals surface area (Å²) in [6.07, 6.45) is 7.91. The predicted octanol–water partition coefficient (Wildman–Crippen LogP) is 3.29. The number of aryl methyl sites for hydroxylation is 1. The average Bonchev–Trinajstić information content (AvgIpc) is 2.50. The van der Waals surface area contributed by atoms with E-state index in [2.05, 4.69) is 18.3 Å². The molecule has 0 amide bonds. The van der Waals surface area contributed by atoms with E-state index in [9.17, 15) is 5.11 Å². The molecule has 4 aliphatic carbocycles. The van der Waals surface area contributed by atoms with Crippen LogP contribution in [0.4, 0.5) is 0 Å². The first-order chi connectivity index (χ1) is 11.1. The molecule has 0 heterocycles. The summed E-state index contributed by atoms with van der Waals surface area (Å²) < 4.78 is 5.73. The molecule has 0 aromatic heterocycles. The zero-order chi connectivity index (χ0) is 15.9. The van der Waals surface area contributed by atoms with Crippen LogP contribution in [0.3, 0.4) is 0 Å². The molecule has 0 saturated heterocycles. The quantitative estimate of drug-likeness (QED) is 0.846. The molecule has 1 aromatic rings. The summed E-state index contributed by atoms with van der Waals surface area (Å²) in [6, 6.07) is 8.01. The molecular formula is C20H29NO2. The molecule has 1 atom stereocenters. The Morgan fingerprint density at radius 3 is 2.43 bits per heavy atom. The lowest BCUT2D eigenvalue weighted by molar-refractivity contribution is -0.0266. The van der Waals surface area contributed by atoms with E-state index >= 15 is 0 Å². The van der Waals surface area contributed by atoms with Crippen LogP contribution in [0.25, 0.3) is 0 Å². The third kappa shape index (κ3) is 3.41. The summed E-state index contributed by atoms with van der Waals surface area (Å²) in [6.45, 7) is 3.07. The van der Waals surface area contributed by atoms with Gasteiger partial charge < -0.3 is 15.2 Å². The van der Waals surface area contributed by atoms with Gasteiger partial charge in [0.1, 0.15) is 18.5 Å². The number of rotatable bonds is 6. The van der Waals surface area contributed by atoms with Crippen molar-refractivity contribution in [2.24, 2.45) is 17.8 Å². The van der Waals surface area contributed by atoms with Gasteiger partial charge in [-0.25, -0.2) is 0 Å². The third-order valence-electron chi connectivity index (χ3n) is 6.18. The Morgan fingerprint density at radius 2 is 1.83 bits per heavy atom. The molecule has 0 unspecified atom stereocenters. The highest BCUT2D eigenvalue weighted by atomic mass is 16.5. The van der Waals surface area contributed by atoms with E-state index in [1.807, 2.05) is 18.2 Å². The molecule has 0 aliphatic heterocycles. The Labute approximate surface area is 139 Å². The zero-order valence-electron chi connectivity index (χ0n) is 14.1. The molecule has 3 nitrogen and oxygen atoms in total. The molecule has 2 N–H and O–H groups in total. The van der Waals surface area contributed by atoms with Crippen molar-refractivity contribution in [1.29, 1.82) is 0 Å². The van der Waals surface area contributed by atoms with Crippen molar-refractivity contribution < 1.29 is 9.84 Å². The predicted molar refractivity (Wildman–Crippen MR) is 91.6 cm³/mol. The van der Waals surface area contributed by atoms with E-state index in [-0.39, 0.29) is 0 Å². The highest BCUT2D eigenvalue weighted by molar-refractivity contribution is 5.27. The van der Waals surface area contributed by atoms with Crippen LogP contribution >= 0.6 is 0 Å². The van der Waals surface area contributed by atoms with Gasteiger partial charge in [0.25, 0.3) is 0 Å². The molecule has 0 radical (unpaired) electrons. The molecule has 126 valence electrons. The molecule has 4 bridgehead atoms. The fraction of sp³-hybridized carbons (Fsp3) is 0.700. The Hall–Kier alpha value is -1.06. The van der Waals surface area contributed by atoms with Gasteiger partial charge >= 0.3 is 0 Å². The fourth-order valence-electron chi connectivity index (χ4n) is 5.62. The number of nitrogens with one attached hydrogen (secondary N) is 1. The number of ether oxygens (including phenoxy) is 1. The molecule has 0 spiro atoms. The van der Waals surface area contributed by atoms with Gasteiger partial charge in [0.2, 0.25) is 0 Å². The van der Waals surface area contributed by atoms with Gasteiger partial charge in [0.05, 0.1) is 0 Å². The van der Waals surface area contributed by atoms with Gasteiger partial charge in [0.15, 0.2) is 0 Å². The molecule has 1 aromatic carbocycles. The van der Waals surface area contributed by atoms with Crippen molar-refractivity contribution in [2.45, 2.75) is 57.1 Å². The number of hydrogen-bond donors (Lipinski definition) is 2. The molecule has 4 saturated carbocycles. The Balaban J connectivity index is 1.27. The second-order valence-corrected chi connectivity index (χ2v) is 8.36. The summed E-state index contributed by atoms with van der Waals surface area (Å²) in [4.78, 5) is 0. The highest BCUT2D eigenvalue weighted by Gasteiger charge is 2.50. The minimum atomic E-state index is -0.441. The van der Waals surface area contributed by atoms with Crippen LogP contribution in [0.15, 0.2) is 24.3 Å². The molecule has 23 heavy (non-hydrogen) atoms. The minimum Gasteiger partial charge on any atom is -0.491 e. The van der Waals surface area contributed by atoms with Crippen molar-refractivity contribution in [3.63, 3.8) is 0 Å². The lowest BCUT2D eigenvalue weighted by atomic mass is 9.53. The molecular weight excluding hydrogens is 286 g/mol. The SMILES string of the molecule is Cc1cccc(OC[C@H](O)CNC23CC4CC(CC(C4)C2)C3)c1. The summed E-state index contributed by atoms with van der Waals surface area (Å²) in [7, 11) is 0. The Kier molecular flexibility index (Phi) is 4.10. The van der Waals surface area contributed by atoms with E-state index in [0.717, 1.165) is 23.5 Å². The lowest BCUT2D eigenvalue weighted by Gasteiger charge is -2.57. The van der Waals surface area contributed by atoms with Gasteiger partial charge in [0, 0.05) is 12.1 Å². The van der Waals surface area contributed by atoms with Crippen molar-refractivity contribution >= 4 is 0 Å². The van der Waals surface area contributed by atoms with Gasteiger partial charge in [-0.05, 0) is 80.9 Å². The Morgan fingerprint density at radius 1 is 1.17 bits per heavy atom. The van der Waals surface area contributed by atoms with Gasteiger partial charge in [-0.15, -0.1) is 0 Å². The monoisotopic (exact) mass is 315 g/mol. The Bertz CT molecular complexity index is 521. The van der Waals surface area contributed by atoms with E-state index in [4.69, 9.17) is 4.74 Å². The van der Waals surface area contributed by atoms with E-state index in [0.29, 0.717) is 18.7 Å². The van der Waals surface area contributed by atoms with Crippen LogP contribution in [0.2, 0.25) is 0 Å². The van der Waals surface area contributed by atoms with Crippen molar-refractivity contribution in [3.05, 3.63) is 29.8 Å². The van der Waals surface area contributed by atoms with Crippen molar-refractivity contribution in [1.82, 2.24) is 5.32 Å². The largest absolute Gasteiger partial charge is 0.491 e. The fourth-order valence-corrected chi connectivity index (χ4v) is 5.62. The second-order valence-electron chi connectivity index (χ2n) is 8.36. The number of aliphatic hydroxyl groups excluding tert-OH is 1. The third-order valence-corrected chi connectivity index (χ3v) is 6.18. The second kappa shape index (κ2) is 6.10. The maximum absolute atomic E-state index is 10.3. The normalized spacial score (nSPS) is 36.2. The topological polar surface area (TPSA) is 41.5 Å². The molecule has 4 aliphatic rings. The lowest BCUT2D eigenvalue weighted by Crippen LogP contribution is -2.59. The number of aliphatic hydroxyl groups is 1. The first kappa shape index (κ1) is 15.5. The van der Waals surface area contributed by atoms with Crippen LogP contribution < -0.4 is 10.1 Å². The van der Waals surface area contributed by atoms with Crippen molar-refractivity contribution in [3.8, 4) is 5.75 Å². The van der Waals surface area contributed by atoms with Crippen molar-refractivity contribution in [2.75, 3.05) is 13.2 Å². The summed E-state index contributed by atoms with van der Waals surface area (Å²) >= 11 is 0. The van der Waals surface area contributed by atoms with E-state index in [1.54, 1.807) is 0 Å². The van der Waals surface area contributed by atoms with Gasteiger partial charge in [-0.1, -0.05) is 12.1 Å². The zero-order valence-corrected chi connectivity index (χ0v) is 14.1. The van der Waals surface area contributed by atoms with Crippen LogP contribution in [-0.2, 0) is 0 Å². The summed E-state index contributed by atoms with van der Waals surface area (Å²) in [5, 5.41) is 14.0. The molecule has 3 heteroatoms. The molecule has 5 rings (SSSR count). The van der Waals surface area contributed by atoms with Gasteiger partial charge in [-0.3, -0.25) is 0 Å². The number of hydrogen-bond acceptors (Lipinski definition) is 3. The average molecular weight is 315 g/mol. The molecule has 4 fully saturated rings. The number of benzene rings is 1. The van der Waals surface area contributed by atoms with Gasteiger partial charge in [-0.2, -0.15) is 0 Å².